The number of sulfonamides is 1. The Kier molecular flexibility index (Phi) is 5.00. The van der Waals surface area contributed by atoms with Crippen LogP contribution in [0.5, 0.6) is 5.88 Å². The van der Waals surface area contributed by atoms with Gasteiger partial charge in [-0.05, 0) is 18.6 Å². The monoisotopic (exact) mass is 289 g/mol. The van der Waals surface area contributed by atoms with Crippen molar-refractivity contribution in [3.8, 4) is 5.88 Å². The molecule has 0 amide bonds. The van der Waals surface area contributed by atoms with Crippen LogP contribution in [0, 0.1) is 0 Å². The molecular formula is C10H15N3O3S2. The van der Waals surface area contributed by atoms with Crippen molar-refractivity contribution in [2.45, 2.75) is 18.7 Å². The average molecular weight is 289 g/mol. The van der Waals surface area contributed by atoms with Crippen LogP contribution in [0.2, 0.25) is 0 Å². The minimum absolute atomic E-state index is 0.0604. The quantitative estimate of drug-likeness (QED) is 0.726. The van der Waals surface area contributed by atoms with E-state index in [4.69, 9.17) is 10.5 Å². The molecule has 0 aromatic carbocycles. The fraction of sp³-hybridized carbons (Fsp3) is 0.400. The molecule has 1 rings (SSSR count). The molecule has 18 heavy (non-hydrogen) atoms. The first kappa shape index (κ1) is 14.8. The maximum absolute atomic E-state index is 11.8. The number of thiocarbonyl (C=S) groups is 1. The Morgan fingerprint density at radius 3 is 2.89 bits per heavy atom. The summed E-state index contributed by atoms with van der Waals surface area (Å²) in [6.45, 7) is 1.58. The molecule has 8 heteroatoms. The van der Waals surface area contributed by atoms with E-state index in [0.29, 0.717) is 5.88 Å². The van der Waals surface area contributed by atoms with E-state index in [1.165, 1.54) is 14.0 Å². The highest BCUT2D eigenvalue weighted by Crippen LogP contribution is 2.09. The summed E-state index contributed by atoms with van der Waals surface area (Å²) in [5.74, 6) is 0.425. The first-order valence-corrected chi connectivity index (χ1v) is 7.09. The van der Waals surface area contributed by atoms with Crippen molar-refractivity contribution in [1.29, 1.82) is 0 Å². The summed E-state index contributed by atoms with van der Waals surface area (Å²) in [4.78, 5) is 3.87. The third-order valence-corrected chi connectivity index (χ3v) is 4.59. The Morgan fingerprint density at radius 1 is 1.67 bits per heavy atom. The van der Waals surface area contributed by atoms with Crippen LogP contribution in [-0.4, -0.2) is 30.8 Å². The number of methoxy groups -OCH3 is 1. The highest BCUT2D eigenvalue weighted by Gasteiger charge is 2.22. The first-order chi connectivity index (χ1) is 8.36. The van der Waals surface area contributed by atoms with Crippen LogP contribution in [-0.2, 0) is 16.6 Å². The van der Waals surface area contributed by atoms with Crippen LogP contribution >= 0.6 is 12.2 Å². The van der Waals surface area contributed by atoms with Crippen molar-refractivity contribution in [2.75, 3.05) is 7.11 Å². The molecule has 1 atom stereocenters. The van der Waals surface area contributed by atoms with E-state index >= 15 is 0 Å². The van der Waals surface area contributed by atoms with Gasteiger partial charge in [0.2, 0.25) is 15.9 Å². The van der Waals surface area contributed by atoms with Crippen LogP contribution in [0.15, 0.2) is 18.3 Å². The summed E-state index contributed by atoms with van der Waals surface area (Å²) in [7, 11) is -2.06. The zero-order valence-electron chi connectivity index (χ0n) is 10.1. The van der Waals surface area contributed by atoms with Gasteiger partial charge < -0.3 is 10.5 Å². The number of pyridine rings is 1. The van der Waals surface area contributed by atoms with Gasteiger partial charge in [-0.1, -0.05) is 12.2 Å². The summed E-state index contributed by atoms with van der Waals surface area (Å²) in [5, 5.41) is -0.906. The Bertz CT molecular complexity index is 531. The van der Waals surface area contributed by atoms with Gasteiger partial charge in [-0.3, -0.25) is 0 Å². The molecule has 0 saturated heterocycles. The van der Waals surface area contributed by atoms with Crippen molar-refractivity contribution >= 4 is 27.2 Å². The van der Waals surface area contributed by atoms with Crippen molar-refractivity contribution in [2.24, 2.45) is 5.73 Å². The fourth-order valence-electron chi connectivity index (χ4n) is 1.13. The molecule has 1 aromatic rings. The molecule has 0 fully saturated rings. The van der Waals surface area contributed by atoms with Crippen molar-refractivity contribution in [3.05, 3.63) is 23.9 Å². The lowest BCUT2D eigenvalue weighted by molar-refractivity contribution is 0.397. The van der Waals surface area contributed by atoms with Gasteiger partial charge in [0, 0.05) is 18.8 Å². The van der Waals surface area contributed by atoms with E-state index in [9.17, 15) is 8.42 Å². The summed E-state index contributed by atoms with van der Waals surface area (Å²) in [5.41, 5.74) is 6.06. The minimum Gasteiger partial charge on any atom is -0.481 e. The van der Waals surface area contributed by atoms with Crippen LogP contribution in [0.3, 0.4) is 0 Å². The minimum atomic E-state index is -3.55. The number of nitrogens with two attached hydrogens (primary N) is 1. The molecule has 6 nitrogen and oxygen atoms in total. The Balaban J connectivity index is 2.73. The topological polar surface area (TPSA) is 94.3 Å². The van der Waals surface area contributed by atoms with E-state index in [-0.39, 0.29) is 11.5 Å². The number of nitrogens with one attached hydrogen (secondary N) is 1. The highest BCUT2D eigenvalue weighted by atomic mass is 32.2. The normalized spacial score (nSPS) is 13.0. The predicted molar refractivity (Wildman–Crippen MR) is 72.8 cm³/mol. The maximum atomic E-state index is 11.8. The van der Waals surface area contributed by atoms with Gasteiger partial charge in [0.15, 0.2) is 0 Å². The molecular weight excluding hydrogens is 274 g/mol. The summed E-state index contributed by atoms with van der Waals surface area (Å²) >= 11 is 4.67. The molecule has 0 aliphatic carbocycles. The predicted octanol–water partition coefficient (Wildman–Crippen LogP) is 0.184. The molecule has 0 aliphatic rings. The summed E-state index contributed by atoms with van der Waals surface area (Å²) in [6, 6.07) is 3.34. The van der Waals surface area contributed by atoms with Gasteiger partial charge in [0.05, 0.1) is 12.1 Å². The molecule has 1 unspecified atom stereocenters. The number of hydrogen-bond donors (Lipinski definition) is 2. The number of aromatic nitrogens is 1. The lowest BCUT2D eigenvalue weighted by Gasteiger charge is -2.12. The maximum Gasteiger partial charge on any atom is 0.221 e. The van der Waals surface area contributed by atoms with Crippen LogP contribution in [0.1, 0.15) is 12.5 Å². The van der Waals surface area contributed by atoms with E-state index in [0.717, 1.165) is 5.56 Å². The lowest BCUT2D eigenvalue weighted by Crippen LogP contribution is -2.39. The molecule has 100 valence electrons. The van der Waals surface area contributed by atoms with Crippen molar-refractivity contribution in [3.63, 3.8) is 0 Å². The van der Waals surface area contributed by atoms with Gasteiger partial charge in [-0.2, -0.15) is 0 Å². The van der Waals surface area contributed by atoms with Gasteiger partial charge >= 0.3 is 0 Å². The number of hydrogen-bond acceptors (Lipinski definition) is 5. The molecule has 1 aromatic heterocycles. The Morgan fingerprint density at radius 2 is 2.33 bits per heavy atom. The second-order valence-electron chi connectivity index (χ2n) is 3.62. The van der Waals surface area contributed by atoms with Gasteiger partial charge in [0.1, 0.15) is 5.25 Å². The zero-order valence-corrected chi connectivity index (χ0v) is 11.7. The van der Waals surface area contributed by atoms with E-state index in [1.807, 2.05) is 0 Å². The SMILES string of the molecule is COc1cc(CNS(=O)(=O)C(C)C(N)=S)ccn1. The average Bonchev–Trinajstić information content (AvgIpc) is 2.35. The van der Waals surface area contributed by atoms with Gasteiger partial charge in [-0.15, -0.1) is 0 Å². The number of ether oxygens (including phenoxy) is 1. The lowest BCUT2D eigenvalue weighted by atomic mass is 10.3. The fourth-order valence-corrected chi connectivity index (χ4v) is 2.44. The number of rotatable bonds is 6. The second kappa shape index (κ2) is 6.07. The van der Waals surface area contributed by atoms with Gasteiger partial charge in [-0.25, -0.2) is 18.1 Å². The first-order valence-electron chi connectivity index (χ1n) is 5.13. The Hall–Kier alpha value is -1.25. The molecule has 0 radical (unpaired) electrons. The molecule has 0 aliphatic heterocycles. The van der Waals surface area contributed by atoms with Gasteiger partial charge in [0.25, 0.3) is 0 Å². The summed E-state index contributed by atoms with van der Waals surface area (Å²) < 4.78 is 30.9. The zero-order chi connectivity index (χ0) is 13.8. The van der Waals surface area contributed by atoms with E-state index in [2.05, 4.69) is 21.9 Å². The summed E-state index contributed by atoms with van der Waals surface area (Å²) in [6.07, 6.45) is 1.54. The van der Waals surface area contributed by atoms with E-state index in [1.54, 1.807) is 18.3 Å². The third kappa shape index (κ3) is 3.90. The third-order valence-electron chi connectivity index (χ3n) is 2.35. The molecule has 0 saturated carbocycles. The van der Waals surface area contributed by atoms with Crippen molar-refractivity contribution < 1.29 is 13.2 Å². The second-order valence-corrected chi connectivity index (χ2v) is 6.17. The van der Waals surface area contributed by atoms with Crippen LogP contribution in [0.4, 0.5) is 0 Å². The highest BCUT2D eigenvalue weighted by molar-refractivity contribution is 7.93. The largest absolute Gasteiger partial charge is 0.481 e. The molecule has 3 N–H and O–H groups in total. The standard InChI is InChI=1S/C10H15N3O3S2/c1-7(10(11)17)18(14,15)13-6-8-3-4-12-9(5-8)16-2/h3-5,7,13H,6H2,1-2H3,(H2,11,17). The smallest absolute Gasteiger partial charge is 0.221 e. The molecule has 1 heterocycles. The van der Waals surface area contributed by atoms with E-state index < -0.39 is 15.3 Å². The Labute approximate surface area is 112 Å². The number of nitrogens with zero attached hydrogens (tertiary/aromatic N) is 1. The van der Waals surface area contributed by atoms with Crippen LogP contribution < -0.4 is 15.2 Å². The van der Waals surface area contributed by atoms with Crippen LogP contribution in [0.25, 0.3) is 0 Å². The molecule has 0 bridgehead atoms. The van der Waals surface area contributed by atoms with Crippen molar-refractivity contribution in [1.82, 2.24) is 9.71 Å². The molecule has 0 spiro atoms.